The van der Waals surface area contributed by atoms with Crippen LogP contribution in [0, 0.1) is 0 Å². The van der Waals surface area contributed by atoms with Crippen molar-refractivity contribution in [2.24, 2.45) is 0 Å². The minimum absolute atomic E-state index is 0.179. The van der Waals surface area contributed by atoms with E-state index in [1.807, 2.05) is 61.5 Å². The van der Waals surface area contributed by atoms with E-state index in [2.05, 4.69) is 5.32 Å². The van der Waals surface area contributed by atoms with Gasteiger partial charge in [-0.05, 0) is 42.8 Å². The van der Waals surface area contributed by atoms with Crippen molar-refractivity contribution < 1.29 is 9.53 Å². The second-order valence-corrected chi connectivity index (χ2v) is 4.80. The molecule has 0 aliphatic rings. The highest BCUT2D eigenvalue weighted by Crippen LogP contribution is 2.12. The average molecular weight is 283 g/mol. The van der Waals surface area contributed by atoms with Crippen LogP contribution in [0.3, 0.4) is 0 Å². The Hall–Kier alpha value is -2.29. The predicted molar refractivity (Wildman–Crippen MR) is 86.1 cm³/mol. The Morgan fingerprint density at radius 1 is 1.05 bits per heavy atom. The van der Waals surface area contributed by atoms with Crippen LogP contribution in [0.15, 0.2) is 54.6 Å². The van der Waals surface area contributed by atoms with E-state index in [0.29, 0.717) is 13.0 Å². The number of ether oxygens (including phenoxy) is 1. The summed E-state index contributed by atoms with van der Waals surface area (Å²) >= 11 is 0. The number of hydrogen-bond donors (Lipinski definition) is 1. The molecule has 0 atom stereocenters. The van der Waals surface area contributed by atoms with Gasteiger partial charge in [-0.1, -0.05) is 25.1 Å². The first kappa shape index (κ1) is 15.1. The number of ketones is 1. The Labute approximate surface area is 126 Å². The van der Waals surface area contributed by atoms with Gasteiger partial charge in [-0.15, -0.1) is 0 Å². The third-order valence-corrected chi connectivity index (χ3v) is 3.19. The summed E-state index contributed by atoms with van der Waals surface area (Å²) in [5.74, 6) is 1.08. The zero-order valence-electron chi connectivity index (χ0n) is 12.3. The summed E-state index contributed by atoms with van der Waals surface area (Å²) in [6.07, 6.45) is 1.47. The van der Waals surface area contributed by atoms with Crippen LogP contribution in [0.4, 0.5) is 5.69 Å². The quantitative estimate of drug-likeness (QED) is 0.584. The molecule has 0 amide bonds. The molecule has 0 spiro atoms. The molecule has 110 valence electrons. The van der Waals surface area contributed by atoms with Crippen LogP contribution in [0.2, 0.25) is 0 Å². The SMILES string of the molecule is CCC(=O)c1ccc(NCCCOc2ccccc2)cc1. The lowest BCUT2D eigenvalue weighted by atomic mass is 10.1. The molecule has 0 saturated carbocycles. The molecule has 0 radical (unpaired) electrons. The second-order valence-electron chi connectivity index (χ2n) is 4.80. The third kappa shape index (κ3) is 4.95. The molecular formula is C18H21NO2. The van der Waals surface area contributed by atoms with E-state index in [1.165, 1.54) is 0 Å². The van der Waals surface area contributed by atoms with Gasteiger partial charge < -0.3 is 10.1 Å². The van der Waals surface area contributed by atoms with Gasteiger partial charge in [0.1, 0.15) is 5.75 Å². The summed E-state index contributed by atoms with van der Waals surface area (Å²) in [5.41, 5.74) is 1.80. The van der Waals surface area contributed by atoms with Crippen LogP contribution < -0.4 is 10.1 Å². The van der Waals surface area contributed by atoms with Crippen molar-refractivity contribution in [3.8, 4) is 5.75 Å². The molecule has 2 aromatic rings. The Morgan fingerprint density at radius 2 is 1.76 bits per heavy atom. The van der Waals surface area contributed by atoms with E-state index in [9.17, 15) is 4.79 Å². The van der Waals surface area contributed by atoms with E-state index in [-0.39, 0.29) is 5.78 Å². The van der Waals surface area contributed by atoms with E-state index in [0.717, 1.165) is 30.0 Å². The number of nitrogens with one attached hydrogen (secondary N) is 1. The lowest BCUT2D eigenvalue weighted by molar-refractivity contribution is 0.0988. The molecule has 0 aliphatic heterocycles. The average Bonchev–Trinajstić information content (AvgIpc) is 2.55. The van der Waals surface area contributed by atoms with Crippen molar-refractivity contribution in [3.05, 3.63) is 60.2 Å². The van der Waals surface area contributed by atoms with Crippen LogP contribution in [0.1, 0.15) is 30.1 Å². The van der Waals surface area contributed by atoms with E-state index in [1.54, 1.807) is 0 Å². The number of rotatable bonds is 8. The number of carbonyl (C=O) groups excluding carboxylic acids is 1. The molecule has 0 bridgehead atoms. The standard InChI is InChI=1S/C18H21NO2/c1-2-18(20)15-9-11-16(12-10-15)19-13-6-14-21-17-7-4-3-5-8-17/h3-5,7-12,19H,2,6,13-14H2,1H3. The molecule has 3 heteroatoms. The zero-order chi connectivity index (χ0) is 14.9. The molecule has 0 heterocycles. The lowest BCUT2D eigenvalue weighted by Gasteiger charge is -2.08. The van der Waals surface area contributed by atoms with Gasteiger partial charge in [-0.25, -0.2) is 0 Å². The summed E-state index contributed by atoms with van der Waals surface area (Å²) < 4.78 is 5.62. The van der Waals surface area contributed by atoms with E-state index in [4.69, 9.17) is 4.74 Å². The molecule has 0 fully saturated rings. The summed E-state index contributed by atoms with van der Waals surface area (Å²) in [4.78, 5) is 11.5. The Kier molecular flexibility index (Phi) is 5.83. The predicted octanol–water partition coefficient (Wildman–Crippen LogP) is 4.16. The molecule has 0 aromatic heterocycles. The maximum atomic E-state index is 11.5. The number of benzene rings is 2. The first-order chi connectivity index (χ1) is 10.3. The van der Waals surface area contributed by atoms with Crippen molar-refractivity contribution in [1.29, 1.82) is 0 Å². The maximum Gasteiger partial charge on any atom is 0.162 e. The van der Waals surface area contributed by atoms with Crippen LogP contribution >= 0.6 is 0 Å². The van der Waals surface area contributed by atoms with Crippen LogP contribution in [-0.4, -0.2) is 18.9 Å². The molecule has 0 saturated heterocycles. The van der Waals surface area contributed by atoms with Gasteiger partial charge in [-0.2, -0.15) is 0 Å². The van der Waals surface area contributed by atoms with Gasteiger partial charge in [0, 0.05) is 24.2 Å². The second kappa shape index (κ2) is 8.10. The normalized spacial score (nSPS) is 10.1. The van der Waals surface area contributed by atoms with E-state index >= 15 is 0 Å². The molecule has 2 aromatic carbocycles. The van der Waals surface area contributed by atoms with Crippen molar-refractivity contribution in [2.75, 3.05) is 18.5 Å². The number of Topliss-reactive ketones (excluding diaryl/α,β-unsaturated/α-hetero) is 1. The summed E-state index contributed by atoms with van der Waals surface area (Å²) in [6, 6.07) is 17.4. The Morgan fingerprint density at radius 3 is 2.43 bits per heavy atom. The van der Waals surface area contributed by atoms with Gasteiger partial charge >= 0.3 is 0 Å². The fraction of sp³-hybridized carbons (Fsp3) is 0.278. The van der Waals surface area contributed by atoms with Gasteiger partial charge in [-0.3, -0.25) is 4.79 Å². The molecule has 0 unspecified atom stereocenters. The van der Waals surface area contributed by atoms with Crippen molar-refractivity contribution >= 4 is 11.5 Å². The van der Waals surface area contributed by atoms with E-state index < -0.39 is 0 Å². The van der Waals surface area contributed by atoms with Crippen molar-refractivity contribution in [1.82, 2.24) is 0 Å². The summed E-state index contributed by atoms with van der Waals surface area (Å²) in [6.45, 7) is 3.40. The summed E-state index contributed by atoms with van der Waals surface area (Å²) in [7, 11) is 0. The largest absolute Gasteiger partial charge is 0.494 e. The highest BCUT2D eigenvalue weighted by atomic mass is 16.5. The molecule has 0 aliphatic carbocycles. The molecule has 21 heavy (non-hydrogen) atoms. The smallest absolute Gasteiger partial charge is 0.162 e. The highest BCUT2D eigenvalue weighted by Gasteiger charge is 2.01. The van der Waals surface area contributed by atoms with Gasteiger partial charge in [0.15, 0.2) is 5.78 Å². The monoisotopic (exact) mass is 283 g/mol. The third-order valence-electron chi connectivity index (χ3n) is 3.19. The number of carbonyl (C=O) groups is 1. The minimum Gasteiger partial charge on any atom is -0.494 e. The zero-order valence-corrected chi connectivity index (χ0v) is 12.3. The molecule has 1 N–H and O–H groups in total. The van der Waals surface area contributed by atoms with Gasteiger partial charge in [0.2, 0.25) is 0 Å². The van der Waals surface area contributed by atoms with Gasteiger partial charge in [0.25, 0.3) is 0 Å². The first-order valence-corrected chi connectivity index (χ1v) is 7.34. The first-order valence-electron chi connectivity index (χ1n) is 7.34. The molecular weight excluding hydrogens is 262 g/mol. The molecule has 3 nitrogen and oxygen atoms in total. The van der Waals surface area contributed by atoms with Gasteiger partial charge in [0.05, 0.1) is 6.61 Å². The topological polar surface area (TPSA) is 38.3 Å². The van der Waals surface area contributed by atoms with Crippen molar-refractivity contribution in [2.45, 2.75) is 19.8 Å². The molecule has 2 rings (SSSR count). The van der Waals surface area contributed by atoms with Crippen molar-refractivity contribution in [3.63, 3.8) is 0 Å². The Bertz CT molecular complexity index is 549. The minimum atomic E-state index is 0.179. The Balaban J connectivity index is 1.68. The number of anilines is 1. The fourth-order valence-electron chi connectivity index (χ4n) is 1.99. The number of para-hydroxylation sites is 1. The van der Waals surface area contributed by atoms with Crippen LogP contribution in [0.25, 0.3) is 0 Å². The highest BCUT2D eigenvalue weighted by molar-refractivity contribution is 5.96. The lowest BCUT2D eigenvalue weighted by Crippen LogP contribution is -2.07. The number of hydrogen-bond acceptors (Lipinski definition) is 3. The maximum absolute atomic E-state index is 11.5. The van der Waals surface area contributed by atoms with Crippen LogP contribution in [-0.2, 0) is 0 Å². The van der Waals surface area contributed by atoms with Crippen LogP contribution in [0.5, 0.6) is 5.75 Å². The summed E-state index contributed by atoms with van der Waals surface area (Å²) in [5, 5.41) is 3.32. The fourth-order valence-corrected chi connectivity index (χ4v) is 1.99.